The number of carboxylic acids is 1. The van der Waals surface area contributed by atoms with Gasteiger partial charge in [-0.2, -0.15) is 13.2 Å². The third-order valence-electron chi connectivity index (χ3n) is 5.54. The first-order valence-corrected chi connectivity index (χ1v) is 13.0. The molecule has 0 unspecified atom stereocenters. The highest BCUT2D eigenvalue weighted by Crippen LogP contribution is 2.40. The van der Waals surface area contributed by atoms with E-state index < -0.39 is 29.1 Å². The second kappa shape index (κ2) is 11.5. The molecule has 0 spiro atoms. The van der Waals surface area contributed by atoms with E-state index in [1.165, 1.54) is 21.8 Å². The first-order chi connectivity index (χ1) is 17.7. The number of benzene rings is 1. The number of fused-ring (bicyclic) bond motifs is 1. The van der Waals surface area contributed by atoms with Gasteiger partial charge in [0.15, 0.2) is 0 Å². The van der Waals surface area contributed by atoms with Gasteiger partial charge < -0.3 is 15.7 Å². The summed E-state index contributed by atoms with van der Waals surface area (Å²) in [6.45, 7) is 2.56. The van der Waals surface area contributed by atoms with Gasteiger partial charge in [0.05, 0.1) is 0 Å². The van der Waals surface area contributed by atoms with Crippen LogP contribution in [0.15, 0.2) is 36.5 Å². The lowest BCUT2D eigenvalue weighted by molar-refractivity contribution is -0.192. The first kappa shape index (κ1) is 29.1. The van der Waals surface area contributed by atoms with Crippen LogP contribution in [0.25, 0.3) is 10.1 Å². The van der Waals surface area contributed by atoms with Crippen molar-refractivity contribution in [2.45, 2.75) is 32.1 Å². The molecule has 204 valence electrons. The van der Waals surface area contributed by atoms with Gasteiger partial charge in [-0.25, -0.2) is 13.2 Å². The minimum atomic E-state index is -5.08. The molecule has 16 heteroatoms. The molecule has 1 amide bonds. The molecule has 10 nitrogen and oxygen atoms in total. The van der Waals surface area contributed by atoms with Crippen LogP contribution < -0.4 is 10.0 Å². The van der Waals surface area contributed by atoms with Crippen LogP contribution in [-0.2, 0) is 27.0 Å². The van der Waals surface area contributed by atoms with Gasteiger partial charge in [-0.3, -0.25) is 19.5 Å². The van der Waals surface area contributed by atoms with Gasteiger partial charge in [0.25, 0.3) is 0 Å². The van der Waals surface area contributed by atoms with Gasteiger partial charge in [0.2, 0.25) is 16.8 Å². The van der Waals surface area contributed by atoms with E-state index in [0.29, 0.717) is 35.2 Å². The number of halogens is 4. The van der Waals surface area contributed by atoms with E-state index in [4.69, 9.17) is 32.6 Å². The van der Waals surface area contributed by atoms with E-state index in [-0.39, 0.29) is 11.7 Å². The summed E-state index contributed by atoms with van der Waals surface area (Å²) in [6.07, 6.45) is -3.15. The molecule has 2 aromatic heterocycles. The van der Waals surface area contributed by atoms with Gasteiger partial charge in [0, 0.05) is 29.0 Å². The van der Waals surface area contributed by atoms with Crippen LogP contribution in [0.5, 0.6) is 0 Å². The Bertz CT molecular complexity index is 1470. The molecule has 4 rings (SSSR count). The van der Waals surface area contributed by atoms with Crippen LogP contribution in [-0.4, -0.2) is 59.9 Å². The van der Waals surface area contributed by atoms with Crippen molar-refractivity contribution >= 4 is 66.6 Å². The number of amides is 1. The van der Waals surface area contributed by atoms with Crippen molar-refractivity contribution in [2.24, 2.45) is 5.73 Å². The number of rotatable bonds is 6. The fraction of sp³-hybridized carbons (Fsp3) is 0.273. The maximum Gasteiger partial charge on any atom is 0.490 e. The van der Waals surface area contributed by atoms with Crippen LogP contribution in [0.3, 0.4) is 0 Å². The number of aryl methyl sites for hydroxylation is 1. The highest BCUT2D eigenvalue weighted by atomic mass is 35.5. The second-order valence-electron chi connectivity index (χ2n) is 8.09. The van der Waals surface area contributed by atoms with E-state index in [2.05, 4.69) is 4.98 Å². The first-order valence-electron chi connectivity index (χ1n) is 10.7. The van der Waals surface area contributed by atoms with E-state index in [0.717, 1.165) is 21.2 Å². The minimum Gasteiger partial charge on any atom is -0.475 e. The van der Waals surface area contributed by atoms with Crippen LogP contribution >= 0.6 is 22.9 Å². The quantitative estimate of drug-likeness (QED) is 0.194. The zero-order valence-electron chi connectivity index (χ0n) is 19.5. The van der Waals surface area contributed by atoms with Crippen LogP contribution in [0.2, 0.25) is 5.02 Å². The topological polar surface area (TPSA) is 158 Å². The summed E-state index contributed by atoms with van der Waals surface area (Å²) in [5.74, 6) is -3.16. The van der Waals surface area contributed by atoms with E-state index >= 15 is 0 Å². The molecule has 4 N–H and O–H groups in total. The molecule has 1 aromatic carbocycles. The predicted molar refractivity (Wildman–Crippen MR) is 137 cm³/mol. The monoisotopic (exact) mass is 591 g/mol. The van der Waals surface area contributed by atoms with Crippen molar-refractivity contribution < 1.29 is 36.3 Å². The Morgan fingerprint density at radius 3 is 2.58 bits per heavy atom. The lowest BCUT2D eigenvalue weighted by Crippen LogP contribution is -2.41. The summed E-state index contributed by atoms with van der Waals surface area (Å²) in [4.78, 5) is 27.7. The Hall–Kier alpha value is -3.43. The molecule has 1 fully saturated rings. The molecular weight excluding hydrogens is 571 g/mol. The highest BCUT2D eigenvalue weighted by Gasteiger charge is 2.39. The maximum absolute atomic E-state index is 13.1. The van der Waals surface area contributed by atoms with Crippen molar-refractivity contribution in [3.63, 3.8) is 0 Å². The summed E-state index contributed by atoms with van der Waals surface area (Å²) in [5, 5.41) is 16.6. The third-order valence-corrected chi connectivity index (χ3v) is 8.01. The maximum atomic E-state index is 13.1. The van der Waals surface area contributed by atoms with Gasteiger partial charge >= 0.3 is 12.1 Å². The molecule has 3 aromatic rings. The number of carboxylic acid groups (broad SMARTS) is 1. The number of anilines is 1. The summed E-state index contributed by atoms with van der Waals surface area (Å²) in [5.41, 5.74) is 7.39. The third kappa shape index (κ3) is 6.52. The number of likely N-dealkylation sites (tertiary alicyclic amines) is 1. The van der Waals surface area contributed by atoms with Crippen LogP contribution in [0, 0.1) is 12.3 Å². The number of thiol groups is 1. The number of carbonyl (C=O) groups is 2. The Balaban J connectivity index is 0.000000505. The van der Waals surface area contributed by atoms with Crippen molar-refractivity contribution in [1.29, 1.82) is 5.41 Å². The fourth-order valence-electron chi connectivity index (χ4n) is 3.77. The summed E-state index contributed by atoms with van der Waals surface area (Å²) in [7, 11) is -3.02. The standard InChI is InChI=1S/C20H20ClN5O3S2.C2HF3O2/c1-11-14-9-13(21)2-3-17(14)30-20(11)26(31(28)29)16-5-7-25(19(16)27)10-12-4-6-24-15(8-12)18(22)23;3-2(4,5)1(6)7/h2-4,6,8-9,16,31H,5,7,10H2,1H3,(H3,22,23);(H,6,7)/t16-;/m0./s1. The zero-order chi connectivity index (χ0) is 28.4. The van der Waals surface area contributed by atoms with E-state index in [1.807, 2.05) is 13.0 Å². The van der Waals surface area contributed by atoms with Gasteiger partial charge in [0.1, 0.15) is 22.6 Å². The fourth-order valence-corrected chi connectivity index (χ4v) is 6.16. The molecule has 0 aliphatic carbocycles. The molecule has 1 saturated heterocycles. The molecular formula is C22H21ClF3N5O5S2. The molecule has 1 aliphatic rings. The highest BCUT2D eigenvalue weighted by molar-refractivity contribution is 7.74. The summed E-state index contributed by atoms with van der Waals surface area (Å²) >= 11 is 7.44. The molecule has 3 heterocycles. The number of pyridine rings is 1. The number of alkyl halides is 3. The number of carbonyl (C=O) groups excluding carboxylic acids is 1. The Labute approximate surface area is 225 Å². The number of nitrogens with two attached hydrogens (primary N) is 1. The van der Waals surface area contributed by atoms with Crippen molar-refractivity contribution in [3.8, 4) is 0 Å². The molecule has 0 saturated carbocycles. The molecule has 1 atom stereocenters. The number of aromatic nitrogens is 1. The Morgan fingerprint density at radius 2 is 2.00 bits per heavy atom. The van der Waals surface area contributed by atoms with Crippen molar-refractivity contribution in [1.82, 2.24) is 9.88 Å². The molecule has 38 heavy (non-hydrogen) atoms. The lowest BCUT2D eigenvalue weighted by atomic mass is 10.2. The SMILES string of the molecule is Cc1c(N([C@H]2CCN(Cc3ccnc(C(=N)N)c3)C2=O)[SH](=O)=O)sc2ccc(Cl)cc12.O=C(O)C(F)(F)F. The molecule has 1 aliphatic heterocycles. The number of aliphatic carboxylic acids is 1. The number of hydrogen-bond acceptors (Lipinski definition) is 7. The van der Waals surface area contributed by atoms with Gasteiger partial charge in [-0.1, -0.05) is 11.6 Å². The average molecular weight is 592 g/mol. The number of nitrogen functional groups attached to an aromatic ring is 1. The summed E-state index contributed by atoms with van der Waals surface area (Å²) in [6, 6.07) is 8.04. The van der Waals surface area contributed by atoms with Crippen LogP contribution in [0.1, 0.15) is 23.2 Å². The Kier molecular flexibility index (Phi) is 8.84. The molecule has 0 bridgehead atoms. The smallest absolute Gasteiger partial charge is 0.475 e. The minimum absolute atomic E-state index is 0.151. The zero-order valence-corrected chi connectivity index (χ0v) is 22.0. The largest absolute Gasteiger partial charge is 0.490 e. The number of thiophene rings is 1. The summed E-state index contributed by atoms with van der Waals surface area (Å²) < 4.78 is 58.3. The molecule has 0 radical (unpaired) electrons. The second-order valence-corrected chi connectivity index (χ2v) is 10.5. The number of nitrogens with one attached hydrogen (secondary N) is 1. The number of hydrogen-bond donors (Lipinski definition) is 4. The number of nitrogens with zero attached hydrogens (tertiary/aromatic N) is 3. The average Bonchev–Trinajstić information content (AvgIpc) is 3.34. The van der Waals surface area contributed by atoms with Crippen LogP contribution in [0.4, 0.5) is 18.2 Å². The lowest BCUT2D eigenvalue weighted by Gasteiger charge is -2.23. The van der Waals surface area contributed by atoms with Crippen molar-refractivity contribution in [3.05, 3.63) is 58.4 Å². The van der Waals surface area contributed by atoms with Crippen molar-refractivity contribution in [2.75, 3.05) is 10.8 Å². The van der Waals surface area contributed by atoms with E-state index in [1.54, 1.807) is 29.2 Å². The Morgan fingerprint density at radius 1 is 1.34 bits per heavy atom. The number of amidine groups is 1. The normalized spacial score (nSPS) is 15.5. The predicted octanol–water partition coefficient (Wildman–Crippen LogP) is 3.31. The van der Waals surface area contributed by atoms with E-state index in [9.17, 15) is 26.4 Å². The van der Waals surface area contributed by atoms with Gasteiger partial charge in [-0.05, 0) is 60.2 Å². The van der Waals surface area contributed by atoms with Gasteiger partial charge in [-0.15, -0.1) is 11.3 Å².